The molecule has 7 nitrogen and oxygen atoms in total. The van der Waals surface area contributed by atoms with Crippen LogP contribution in [0.1, 0.15) is 0 Å². The Morgan fingerprint density at radius 3 is 1.92 bits per heavy atom. The molecule has 0 aliphatic rings. The van der Waals surface area contributed by atoms with E-state index in [1.165, 1.54) is 10.4 Å². The van der Waals surface area contributed by atoms with Crippen LogP contribution in [0.3, 0.4) is 0 Å². The van der Waals surface area contributed by atoms with E-state index in [4.69, 9.17) is 5.73 Å². The zero-order valence-electron chi connectivity index (χ0n) is 15.8. The van der Waals surface area contributed by atoms with Gasteiger partial charge in [0, 0.05) is 43.0 Å². The minimum Gasteiger partial charge on any atom is -0.506 e. The molecule has 0 aliphatic heterocycles. The molecule has 0 aromatic heterocycles. The minimum absolute atomic E-state index is 0.0808. The second-order valence-corrected chi connectivity index (χ2v) is 8.77. The van der Waals surface area contributed by atoms with Crippen molar-refractivity contribution in [3.63, 3.8) is 0 Å². The molecule has 0 atom stereocenters. The largest absolute Gasteiger partial charge is 0.506 e. The number of nitrogens with zero attached hydrogens (tertiary/aromatic N) is 3. The van der Waals surface area contributed by atoms with Crippen LogP contribution in [-0.4, -0.2) is 82.0 Å². The lowest BCUT2D eigenvalue weighted by Crippen LogP contribution is -2.40. The van der Waals surface area contributed by atoms with Gasteiger partial charge in [-0.15, -0.1) is 0 Å². The Morgan fingerprint density at radius 2 is 1.42 bits per heavy atom. The van der Waals surface area contributed by atoms with Crippen LogP contribution in [0.25, 0.3) is 10.8 Å². The van der Waals surface area contributed by atoms with E-state index < -0.39 is 10.0 Å². The van der Waals surface area contributed by atoms with Crippen LogP contribution in [0.15, 0.2) is 35.2 Å². The van der Waals surface area contributed by atoms with Gasteiger partial charge in [0.05, 0.1) is 10.6 Å². The fraction of sp³-hybridized carbons (Fsp3) is 0.444. The normalized spacial score (nSPS) is 12.6. The third-order valence-corrected chi connectivity index (χ3v) is 6.18. The standard InChI is InChI=1S/C18H28N4O3S/c1-20(2)9-11-22(12-10-21(3)4)26(24,25)17-13-16(23)18(19)15-8-6-5-7-14(15)17/h5-8,13,23H,9-12,19H2,1-4H3. The molecule has 0 aliphatic carbocycles. The van der Waals surface area contributed by atoms with Gasteiger partial charge in [-0.1, -0.05) is 24.3 Å². The van der Waals surface area contributed by atoms with Crippen LogP contribution >= 0.6 is 0 Å². The SMILES string of the molecule is CN(C)CCN(CCN(C)C)S(=O)(=O)c1cc(O)c(N)c2ccccc12. The highest BCUT2D eigenvalue weighted by atomic mass is 32.2. The predicted molar refractivity (Wildman–Crippen MR) is 106 cm³/mol. The van der Waals surface area contributed by atoms with Crippen LogP contribution in [0.5, 0.6) is 5.75 Å². The Bertz CT molecular complexity index is 854. The Kier molecular flexibility index (Phi) is 6.46. The number of nitrogen functional groups attached to an aromatic ring is 1. The van der Waals surface area contributed by atoms with Gasteiger partial charge in [0.15, 0.2) is 0 Å². The highest BCUT2D eigenvalue weighted by Crippen LogP contribution is 2.36. The quantitative estimate of drug-likeness (QED) is 0.529. The number of hydrogen-bond donors (Lipinski definition) is 2. The third kappa shape index (κ3) is 4.45. The summed E-state index contributed by atoms with van der Waals surface area (Å²) in [6, 6.07) is 8.22. The molecule has 0 amide bonds. The maximum atomic E-state index is 13.4. The molecule has 0 radical (unpaired) electrons. The van der Waals surface area contributed by atoms with Crippen molar-refractivity contribution < 1.29 is 13.5 Å². The van der Waals surface area contributed by atoms with Crippen molar-refractivity contribution in [3.8, 4) is 5.75 Å². The number of anilines is 1. The van der Waals surface area contributed by atoms with Gasteiger partial charge >= 0.3 is 0 Å². The molecule has 0 fully saturated rings. The van der Waals surface area contributed by atoms with Crippen molar-refractivity contribution in [1.29, 1.82) is 0 Å². The summed E-state index contributed by atoms with van der Waals surface area (Å²) in [5.41, 5.74) is 6.12. The summed E-state index contributed by atoms with van der Waals surface area (Å²) in [4.78, 5) is 3.96. The van der Waals surface area contributed by atoms with Crippen LogP contribution in [0, 0.1) is 0 Å². The zero-order chi connectivity index (χ0) is 19.5. The summed E-state index contributed by atoms with van der Waals surface area (Å²) in [5.74, 6) is -0.220. The van der Waals surface area contributed by atoms with Crippen LogP contribution in [0.4, 0.5) is 5.69 Å². The molecule has 3 N–H and O–H groups in total. The Labute approximate surface area is 155 Å². The van der Waals surface area contributed by atoms with E-state index in [9.17, 15) is 13.5 Å². The lowest BCUT2D eigenvalue weighted by Gasteiger charge is -2.26. The van der Waals surface area contributed by atoms with Gasteiger partial charge in [-0.3, -0.25) is 0 Å². The number of hydrogen-bond acceptors (Lipinski definition) is 6. The van der Waals surface area contributed by atoms with Gasteiger partial charge in [-0.05, 0) is 28.2 Å². The maximum Gasteiger partial charge on any atom is 0.243 e. The molecule has 0 spiro atoms. The number of phenols is 1. The van der Waals surface area contributed by atoms with E-state index in [1.54, 1.807) is 24.3 Å². The first-order valence-corrected chi connectivity index (χ1v) is 9.88. The number of likely N-dealkylation sites (N-methyl/N-ethyl adjacent to an activating group) is 2. The number of sulfonamides is 1. The second kappa shape index (κ2) is 8.22. The summed E-state index contributed by atoms with van der Waals surface area (Å²) >= 11 is 0. The Morgan fingerprint density at radius 1 is 0.923 bits per heavy atom. The van der Waals surface area contributed by atoms with Crippen molar-refractivity contribution in [2.24, 2.45) is 0 Å². The second-order valence-electron chi connectivity index (χ2n) is 6.86. The Balaban J connectivity index is 2.54. The molecular formula is C18H28N4O3S. The monoisotopic (exact) mass is 380 g/mol. The lowest BCUT2D eigenvalue weighted by atomic mass is 10.1. The van der Waals surface area contributed by atoms with E-state index in [0.29, 0.717) is 37.0 Å². The van der Waals surface area contributed by atoms with E-state index in [-0.39, 0.29) is 16.3 Å². The number of phenolic OH excluding ortho intramolecular Hbond substituents is 1. The van der Waals surface area contributed by atoms with E-state index in [2.05, 4.69) is 0 Å². The summed E-state index contributed by atoms with van der Waals surface area (Å²) in [6.07, 6.45) is 0. The average molecular weight is 381 g/mol. The van der Waals surface area contributed by atoms with E-state index >= 15 is 0 Å². The van der Waals surface area contributed by atoms with Gasteiger partial charge in [0.25, 0.3) is 0 Å². The number of benzene rings is 2. The van der Waals surface area contributed by atoms with Gasteiger partial charge < -0.3 is 20.6 Å². The Hall–Kier alpha value is -1.87. The smallest absolute Gasteiger partial charge is 0.243 e. The van der Waals surface area contributed by atoms with Crippen molar-refractivity contribution in [2.45, 2.75) is 4.90 Å². The van der Waals surface area contributed by atoms with Crippen molar-refractivity contribution in [1.82, 2.24) is 14.1 Å². The molecule has 2 rings (SSSR count). The van der Waals surface area contributed by atoms with Gasteiger partial charge in [0.2, 0.25) is 10.0 Å². The topological polar surface area (TPSA) is 90.1 Å². The molecule has 0 heterocycles. The van der Waals surface area contributed by atoms with Gasteiger partial charge in [-0.2, -0.15) is 4.31 Å². The summed E-state index contributed by atoms with van der Waals surface area (Å²) in [7, 11) is 3.82. The summed E-state index contributed by atoms with van der Waals surface area (Å²) < 4.78 is 28.2. The third-order valence-electron chi connectivity index (χ3n) is 4.24. The molecule has 0 saturated heterocycles. The summed E-state index contributed by atoms with van der Waals surface area (Å²) in [6.45, 7) is 1.93. The minimum atomic E-state index is -3.79. The van der Waals surface area contributed by atoms with Gasteiger partial charge in [-0.25, -0.2) is 8.42 Å². The average Bonchev–Trinajstić information content (AvgIpc) is 2.57. The predicted octanol–water partition coefficient (Wildman–Crippen LogP) is 1.24. The highest BCUT2D eigenvalue weighted by Gasteiger charge is 2.27. The first-order valence-electron chi connectivity index (χ1n) is 8.44. The van der Waals surface area contributed by atoms with Crippen molar-refractivity contribution in [2.75, 3.05) is 60.1 Å². The number of rotatable bonds is 8. The van der Waals surface area contributed by atoms with Crippen LogP contribution in [0.2, 0.25) is 0 Å². The molecule has 26 heavy (non-hydrogen) atoms. The molecular weight excluding hydrogens is 352 g/mol. The van der Waals surface area contributed by atoms with Crippen LogP contribution in [-0.2, 0) is 10.0 Å². The first-order chi connectivity index (χ1) is 12.1. The van der Waals surface area contributed by atoms with Crippen molar-refractivity contribution in [3.05, 3.63) is 30.3 Å². The van der Waals surface area contributed by atoms with Crippen LogP contribution < -0.4 is 5.73 Å². The number of aromatic hydroxyl groups is 1. The number of fused-ring (bicyclic) bond motifs is 1. The highest BCUT2D eigenvalue weighted by molar-refractivity contribution is 7.89. The molecule has 0 bridgehead atoms. The fourth-order valence-electron chi connectivity index (χ4n) is 2.68. The number of nitrogens with two attached hydrogens (primary N) is 1. The van der Waals surface area contributed by atoms with Gasteiger partial charge in [0.1, 0.15) is 5.75 Å². The zero-order valence-corrected chi connectivity index (χ0v) is 16.6. The lowest BCUT2D eigenvalue weighted by molar-refractivity contribution is 0.301. The molecule has 8 heteroatoms. The van der Waals surface area contributed by atoms with E-state index in [1.807, 2.05) is 38.0 Å². The fourth-order valence-corrected chi connectivity index (χ4v) is 4.32. The van der Waals surface area contributed by atoms with Crippen molar-refractivity contribution >= 4 is 26.5 Å². The maximum absolute atomic E-state index is 13.4. The molecule has 144 valence electrons. The molecule has 2 aromatic rings. The summed E-state index contributed by atoms with van der Waals surface area (Å²) in [5, 5.41) is 11.2. The molecule has 0 saturated carbocycles. The molecule has 2 aromatic carbocycles. The molecule has 0 unspecified atom stereocenters. The first kappa shape index (κ1) is 20.4. The van der Waals surface area contributed by atoms with E-state index in [0.717, 1.165) is 0 Å².